The van der Waals surface area contributed by atoms with Crippen molar-refractivity contribution in [3.8, 4) is 0 Å². The minimum absolute atomic E-state index is 0.576. The van der Waals surface area contributed by atoms with Crippen molar-refractivity contribution in [3.63, 3.8) is 0 Å². The molecule has 79 valence electrons. The number of anilines is 1. The number of nitrogens with one attached hydrogen (secondary N) is 2. The summed E-state index contributed by atoms with van der Waals surface area (Å²) in [5.41, 5.74) is 2.17. The number of pyridine rings is 1. The van der Waals surface area contributed by atoms with Gasteiger partial charge in [0.1, 0.15) is 5.82 Å². The fraction of sp³-hybridized carbons (Fsp3) is 0. The zero-order valence-electron chi connectivity index (χ0n) is 7.36. The SMILES string of the molecule is O=[C]=[Re](=[C]=O)=[C]=O.[NH-]Nc1ccccn1. The van der Waals surface area contributed by atoms with Crippen molar-refractivity contribution in [2.24, 2.45) is 0 Å². The van der Waals surface area contributed by atoms with Gasteiger partial charge in [-0.05, 0) is 12.1 Å². The van der Waals surface area contributed by atoms with Gasteiger partial charge in [0.25, 0.3) is 0 Å². The van der Waals surface area contributed by atoms with Crippen LogP contribution < -0.4 is 5.43 Å². The Morgan fingerprint density at radius 3 is 2.00 bits per heavy atom. The van der Waals surface area contributed by atoms with Crippen molar-refractivity contribution >= 4 is 18.9 Å². The number of rotatable bonds is 1. The second-order valence-corrected chi connectivity index (χ2v) is 5.55. The van der Waals surface area contributed by atoms with E-state index >= 15 is 0 Å². The van der Waals surface area contributed by atoms with E-state index in [1.807, 2.05) is 6.07 Å². The molecule has 0 unspecified atom stereocenters. The maximum absolute atomic E-state index is 9.40. The Kier molecular flexibility index (Phi) is 7.89. The van der Waals surface area contributed by atoms with Crippen molar-refractivity contribution in [2.45, 2.75) is 0 Å². The largest absolute Gasteiger partial charge is 0.585 e. The van der Waals surface area contributed by atoms with Gasteiger partial charge in [0.15, 0.2) is 0 Å². The molecule has 6 nitrogen and oxygen atoms in total. The first-order chi connectivity index (χ1) is 7.28. The van der Waals surface area contributed by atoms with Crippen LogP contribution in [0.2, 0.25) is 0 Å². The standard InChI is InChI=1S/C5H6N3.3CO.Re/c6-8-5-3-1-2-4-7-5;3*1-2;/h1-4,6H,(H,7,8);;;;/q-1;;;;. The first-order valence-corrected chi connectivity index (χ1v) is 7.52. The summed E-state index contributed by atoms with van der Waals surface area (Å²) in [6, 6.07) is 5.36. The smallest absolute Gasteiger partial charge is 0.108 e. The maximum atomic E-state index is 9.40. The normalized spacial score (nSPS) is 7.00. The maximum Gasteiger partial charge on any atom is 0.108 e. The van der Waals surface area contributed by atoms with E-state index in [2.05, 4.69) is 10.4 Å². The van der Waals surface area contributed by atoms with Crippen molar-refractivity contribution in [2.75, 3.05) is 5.43 Å². The van der Waals surface area contributed by atoms with Crippen molar-refractivity contribution in [1.82, 2.24) is 4.98 Å². The first-order valence-electron chi connectivity index (χ1n) is 3.45. The molecule has 1 heterocycles. The van der Waals surface area contributed by atoms with E-state index < -0.39 is 15.4 Å². The van der Waals surface area contributed by atoms with Crippen LogP contribution in [0.25, 0.3) is 5.84 Å². The summed E-state index contributed by atoms with van der Waals surface area (Å²) >= 11 is -2.97. The first kappa shape index (κ1) is 13.3. The van der Waals surface area contributed by atoms with E-state index in [1.54, 1.807) is 18.3 Å². The van der Waals surface area contributed by atoms with Gasteiger partial charge in [-0.1, -0.05) is 6.07 Å². The zero-order chi connectivity index (χ0) is 11.5. The third-order valence-electron chi connectivity index (χ3n) is 1.02. The monoisotopic (exact) mass is 379 g/mol. The Labute approximate surface area is 89.5 Å². The van der Waals surface area contributed by atoms with Crippen molar-refractivity contribution in [3.05, 3.63) is 30.2 Å². The van der Waals surface area contributed by atoms with Crippen LogP contribution in [0.5, 0.6) is 0 Å². The molecule has 0 bridgehead atoms. The molecule has 1 rings (SSSR count). The molecule has 0 aromatic carbocycles. The predicted octanol–water partition coefficient (Wildman–Crippen LogP) is 0.267. The molecular weight excluding hydrogens is 372 g/mol. The number of hydrogen-bond donors (Lipinski definition) is 1. The van der Waals surface area contributed by atoms with E-state index in [4.69, 9.17) is 5.84 Å². The van der Waals surface area contributed by atoms with Gasteiger partial charge in [0, 0.05) is 6.20 Å². The summed E-state index contributed by atoms with van der Waals surface area (Å²) in [5.74, 6) is 7.21. The summed E-state index contributed by atoms with van der Waals surface area (Å²) < 4.78 is 3.87. The molecule has 15 heavy (non-hydrogen) atoms. The molecule has 0 spiro atoms. The fourth-order valence-electron chi connectivity index (χ4n) is 0.484. The third kappa shape index (κ3) is 6.39. The number of aromatic nitrogens is 1. The van der Waals surface area contributed by atoms with Gasteiger partial charge < -0.3 is 11.3 Å². The number of carbonyl (C=O) groups excluding carboxylic acids is 3. The van der Waals surface area contributed by atoms with Crippen LogP contribution in [0.15, 0.2) is 24.4 Å². The van der Waals surface area contributed by atoms with Crippen LogP contribution in [0, 0.1) is 0 Å². The molecule has 0 amide bonds. The van der Waals surface area contributed by atoms with Crippen LogP contribution in [0.4, 0.5) is 5.82 Å². The third-order valence-corrected chi connectivity index (χ3v) is 2.69. The van der Waals surface area contributed by atoms with Crippen LogP contribution >= 0.6 is 0 Å². The zero-order valence-corrected chi connectivity index (χ0v) is 10.1. The fourth-order valence-corrected chi connectivity index (χ4v) is 0.823. The Morgan fingerprint density at radius 2 is 1.80 bits per heavy atom. The Bertz CT molecular complexity index is 462. The quantitative estimate of drug-likeness (QED) is 0.707. The molecule has 2 N–H and O–H groups in total. The molecule has 0 fully saturated rings. The van der Waals surface area contributed by atoms with E-state index in [0.717, 1.165) is 0 Å². The molecule has 0 saturated heterocycles. The van der Waals surface area contributed by atoms with Crippen LogP contribution in [0.1, 0.15) is 0 Å². The van der Waals surface area contributed by atoms with Gasteiger partial charge in [0.05, 0.1) is 0 Å². The van der Waals surface area contributed by atoms with Gasteiger partial charge in [-0.2, -0.15) is 0 Å². The average Bonchev–Trinajstić information content (AvgIpc) is 2.33. The van der Waals surface area contributed by atoms with E-state index in [9.17, 15) is 14.4 Å². The van der Waals surface area contributed by atoms with Crippen LogP contribution in [-0.2, 0) is 29.8 Å². The summed E-state index contributed by atoms with van der Waals surface area (Å²) in [7, 11) is 0. The minimum atomic E-state index is -2.97. The Balaban J connectivity index is 0.000000265. The van der Waals surface area contributed by atoms with Gasteiger partial charge in [-0.25, -0.2) is 4.98 Å². The summed E-state index contributed by atoms with van der Waals surface area (Å²) in [6.45, 7) is 0. The predicted molar refractivity (Wildman–Crippen MR) is 49.3 cm³/mol. The van der Waals surface area contributed by atoms with Crippen LogP contribution in [-0.4, -0.2) is 18.0 Å². The molecule has 0 aliphatic heterocycles. The van der Waals surface area contributed by atoms with Crippen molar-refractivity contribution < 1.29 is 29.8 Å². The molecule has 0 saturated carbocycles. The Morgan fingerprint density at radius 1 is 1.20 bits per heavy atom. The topological polar surface area (TPSA) is 99.9 Å². The van der Waals surface area contributed by atoms with Crippen LogP contribution in [0.3, 0.4) is 0 Å². The van der Waals surface area contributed by atoms with Crippen molar-refractivity contribution in [1.29, 1.82) is 0 Å². The minimum Gasteiger partial charge on any atom is -0.585 e. The second kappa shape index (κ2) is 8.89. The molecule has 0 aliphatic carbocycles. The Hall–Kier alpha value is -1.69. The summed E-state index contributed by atoms with van der Waals surface area (Å²) in [4.78, 5) is 32.0. The second-order valence-electron chi connectivity index (χ2n) is 1.85. The molecule has 7 heteroatoms. The van der Waals surface area contributed by atoms with E-state index in [1.165, 1.54) is 13.1 Å². The molecule has 1 aromatic rings. The average molecular weight is 378 g/mol. The molecule has 0 aliphatic rings. The van der Waals surface area contributed by atoms with Gasteiger partial charge in [-0.3, -0.25) is 0 Å². The van der Waals surface area contributed by atoms with Gasteiger partial charge in [-0.15, -0.1) is 0 Å². The van der Waals surface area contributed by atoms with E-state index in [-0.39, 0.29) is 0 Å². The molecule has 0 radical (unpaired) electrons. The molecular formula is C8H6N3O3Re-. The molecule has 0 atom stereocenters. The summed E-state index contributed by atoms with van der Waals surface area (Å²) in [6.07, 6.45) is 1.64. The molecule has 1 aromatic heterocycles. The van der Waals surface area contributed by atoms with Gasteiger partial charge in [0.2, 0.25) is 0 Å². The van der Waals surface area contributed by atoms with Gasteiger partial charge >= 0.3 is 42.8 Å². The number of hydrogen-bond acceptors (Lipinski definition) is 5. The number of nitrogens with zero attached hydrogens (tertiary/aromatic N) is 1. The summed E-state index contributed by atoms with van der Waals surface area (Å²) in [5, 5.41) is 0. The van der Waals surface area contributed by atoms with E-state index in [0.29, 0.717) is 5.82 Å².